The Morgan fingerprint density at radius 3 is 2.23 bits per heavy atom. The second kappa shape index (κ2) is 14.2. The topological polar surface area (TPSA) is 130 Å². The molecule has 0 aliphatic rings. The number of rotatable bonds is 9. The quantitative estimate of drug-likeness (QED) is 0.246. The largest absolute Gasteiger partial charge is 0.490 e. The SMILES string of the molecule is Cc1nccn1Cc1ccc(-c2cc(CC(C)C)sc2S(=O)(=O)NC(=O)NCCC(F)(F)F)cc1F.O=C(O)C(F)(F)F. The molecule has 0 fully saturated rings. The van der Waals surface area contributed by atoms with Crippen molar-refractivity contribution in [1.29, 1.82) is 0 Å². The Kier molecular flexibility index (Phi) is 11.7. The summed E-state index contributed by atoms with van der Waals surface area (Å²) < 4.78 is 113. The molecule has 3 rings (SSSR count). The van der Waals surface area contributed by atoms with Crippen LogP contribution in [0.15, 0.2) is 40.9 Å². The second-order valence-electron chi connectivity index (χ2n) is 9.45. The van der Waals surface area contributed by atoms with Crippen LogP contribution in [-0.4, -0.2) is 54.0 Å². The molecule has 2 amide bonds. The number of benzene rings is 1. The lowest BCUT2D eigenvalue weighted by molar-refractivity contribution is -0.192. The Hall–Kier alpha value is -3.67. The molecule has 2 heterocycles. The highest BCUT2D eigenvalue weighted by atomic mass is 32.2. The van der Waals surface area contributed by atoms with Crippen LogP contribution in [0.5, 0.6) is 0 Å². The maximum absolute atomic E-state index is 15.0. The predicted molar refractivity (Wildman–Crippen MR) is 142 cm³/mol. The van der Waals surface area contributed by atoms with Crippen molar-refractivity contribution in [2.24, 2.45) is 5.92 Å². The van der Waals surface area contributed by atoms with Crippen LogP contribution < -0.4 is 10.0 Å². The number of amides is 2. The number of nitrogens with zero attached hydrogens (tertiary/aromatic N) is 2. The molecule has 0 aliphatic heterocycles. The van der Waals surface area contributed by atoms with Crippen molar-refractivity contribution in [2.45, 2.75) is 56.7 Å². The molecule has 0 spiro atoms. The summed E-state index contributed by atoms with van der Waals surface area (Å²) in [5.41, 5.74) is 0.877. The number of alkyl halides is 6. The van der Waals surface area contributed by atoms with Crippen LogP contribution in [0.25, 0.3) is 11.1 Å². The molecule has 0 aliphatic carbocycles. The maximum Gasteiger partial charge on any atom is 0.490 e. The van der Waals surface area contributed by atoms with Gasteiger partial charge in [0.05, 0.1) is 13.0 Å². The van der Waals surface area contributed by atoms with Crippen LogP contribution in [0, 0.1) is 18.7 Å². The van der Waals surface area contributed by atoms with Crippen molar-refractivity contribution in [1.82, 2.24) is 19.6 Å². The number of hydrogen-bond acceptors (Lipinski definition) is 6. The number of carboxylic acid groups (broad SMARTS) is 1. The summed E-state index contributed by atoms with van der Waals surface area (Å²) in [7, 11) is -4.45. The Labute approximate surface area is 245 Å². The summed E-state index contributed by atoms with van der Waals surface area (Å²) in [4.78, 5) is 25.7. The lowest BCUT2D eigenvalue weighted by atomic mass is 10.0. The average molecular weight is 661 g/mol. The van der Waals surface area contributed by atoms with E-state index in [0.29, 0.717) is 28.2 Å². The first-order valence-electron chi connectivity index (χ1n) is 12.3. The number of hydrogen-bond donors (Lipinski definition) is 3. The van der Waals surface area contributed by atoms with Crippen molar-refractivity contribution >= 4 is 33.4 Å². The number of carbonyl (C=O) groups is 2. The lowest BCUT2D eigenvalue weighted by Gasteiger charge is -2.11. The van der Waals surface area contributed by atoms with Crippen molar-refractivity contribution in [3.05, 3.63) is 58.7 Å². The molecule has 9 nitrogen and oxygen atoms in total. The van der Waals surface area contributed by atoms with E-state index >= 15 is 0 Å². The Morgan fingerprint density at radius 2 is 1.74 bits per heavy atom. The standard InChI is InChI=1S/C23H26F4N4O3S2.C2HF3O2/c1-14(2)10-18-12-19(16-4-5-17(20(24)11-16)13-31-9-8-28-15(31)3)21(35-18)36(33,34)30-22(32)29-7-6-23(25,26)27;3-2(4,5)1(6)7/h4-5,8-9,11-12,14H,6-7,10,13H2,1-3H3,(H2,29,30,32);(H,6,7). The average Bonchev–Trinajstić information content (AvgIpc) is 3.45. The van der Waals surface area contributed by atoms with Gasteiger partial charge in [0.2, 0.25) is 0 Å². The van der Waals surface area contributed by atoms with Crippen LogP contribution in [0.3, 0.4) is 0 Å². The number of urea groups is 1. The zero-order chi connectivity index (χ0) is 32.8. The van der Waals surface area contributed by atoms with E-state index in [1.54, 1.807) is 46.8 Å². The minimum Gasteiger partial charge on any atom is -0.475 e. The Balaban J connectivity index is 0.000000821. The first kappa shape index (κ1) is 35.5. The molecule has 3 aromatic rings. The molecule has 2 aromatic heterocycles. The number of thiophene rings is 1. The van der Waals surface area contributed by atoms with E-state index in [-0.39, 0.29) is 22.2 Å². The molecule has 18 heteroatoms. The number of sulfonamides is 1. The van der Waals surface area contributed by atoms with Gasteiger partial charge in [0.1, 0.15) is 15.9 Å². The summed E-state index contributed by atoms with van der Waals surface area (Å²) >= 11 is 0.930. The Morgan fingerprint density at radius 1 is 1.12 bits per heavy atom. The maximum atomic E-state index is 15.0. The molecule has 0 saturated carbocycles. The molecule has 3 N–H and O–H groups in total. The van der Waals surface area contributed by atoms with Gasteiger partial charge in [-0.2, -0.15) is 26.3 Å². The highest BCUT2D eigenvalue weighted by molar-refractivity contribution is 7.92. The van der Waals surface area contributed by atoms with Gasteiger partial charge in [0.15, 0.2) is 0 Å². The fourth-order valence-corrected chi connectivity index (χ4v) is 6.33. The summed E-state index contributed by atoms with van der Waals surface area (Å²) in [5.74, 6) is -2.39. The van der Waals surface area contributed by atoms with Crippen molar-refractivity contribution in [3.63, 3.8) is 0 Å². The number of carboxylic acids is 1. The van der Waals surface area contributed by atoms with E-state index in [2.05, 4.69) is 4.98 Å². The van der Waals surface area contributed by atoms with Gasteiger partial charge in [-0.3, -0.25) is 0 Å². The zero-order valence-electron chi connectivity index (χ0n) is 22.8. The highest BCUT2D eigenvalue weighted by Crippen LogP contribution is 2.37. The van der Waals surface area contributed by atoms with E-state index in [0.717, 1.165) is 11.3 Å². The summed E-state index contributed by atoms with van der Waals surface area (Å²) in [5, 5.41) is 9.02. The van der Waals surface area contributed by atoms with Gasteiger partial charge in [-0.15, -0.1) is 11.3 Å². The van der Waals surface area contributed by atoms with Gasteiger partial charge in [-0.05, 0) is 37.0 Å². The summed E-state index contributed by atoms with van der Waals surface area (Å²) in [6.45, 7) is 5.16. The molecule has 43 heavy (non-hydrogen) atoms. The van der Waals surface area contributed by atoms with Crippen LogP contribution in [0.2, 0.25) is 0 Å². The third kappa shape index (κ3) is 11.2. The number of imidazole rings is 1. The highest BCUT2D eigenvalue weighted by Gasteiger charge is 2.38. The summed E-state index contributed by atoms with van der Waals surface area (Å²) in [6.07, 6.45) is -7.01. The predicted octanol–water partition coefficient (Wildman–Crippen LogP) is 5.88. The van der Waals surface area contributed by atoms with Crippen LogP contribution in [0.1, 0.15) is 36.5 Å². The molecule has 238 valence electrons. The van der Waals surface area contributed by atoms with E-state index in [1.165, 1.54) is 6.07 Å². The van der Waals surface area contributed by atoms with Gasteiger partial charge in [-0.1, -0.05) is 26.0 Å². The van der Waals surface area contributed by atoms with Gasteiger partial charge < -0.3 is 15.0 Å². The molecule has 0 unspecified atom stereocenters. The number of halogens is 7. The fraction of sp³-hybridized carbons (Fsp3) is 0.400. The van der Waals surface area contributed by atoms with Gasteiger partial charge in [0.25, 0.3) is 10.0 Å². The van der Waals surface area contributed by atoms with Gasteiger partial charge >= 0.3 is 24.4 Å². The molecular formula is C25H27F7N4O5S2. The van der Waals surface area contributed by atoms with E-state index < -0.39 is 53.2 Å². The van der Waals surface area contributed by atoms with Gasteiger partial charge in [-0.25, -0.2) is 32.1 Å². The fourth-order valence-electron chi connectivity index (χ4n) is 3.45. The third-order valence-corrected chi connectivity index (χ3v) is 8.42. The lowest BCUT2D eigenvalue weighted by Crippen LogP contribution is -2.40. The molecule has 0 saturated heterocycles. The molecule has 0 atom stereocenters. The number of aryl methyl sites for hydroxylation is 1. The monoisotopic (exact) mass is 660 g/mol. The van der Waals surface area contributed by atoms with Crippen molar-refractivity contribution in [2.75, 3.05) is 6.54 Å². The minimum absolute atomic E-state index is 0.197. The first-order valence-corrected chi connectivity index (χ1v) is 14.6. The number of carbonyl (C=O) groups excluding carboxylic acids is 1. The van der Waals surface area contributed by atoms with E-state index in [4.69, 9.17) is 9.90 Å². The zero-order valence-corrected chi connectivity index (χ0v) is 24.4. The smallest absolute Gasteiger partial charge is 0.475 e. The first-order chi connectivity index (χ1) is 19.7. The molecular weight excluding hydrogens is 633 g/mol. The molecule has 0 bridgehead atoms. The van der Waals surface area contributed by atoms with Crippen LogP contribution in [-0.2, 0) is 27.8 Å². The van der Waals surface area contributed by atoms with Crippen LogP contribution in [0.4, 0.5) is 35.5 Å². The number of aliphatic carboxylic acids is 1. The minimum atomic E-state index is -5.08. The normalized spacial score (nSPS) is 12.1. The number of aromatic nitrogens is 2. The second-order valence-corrected chi connectivity index (χ2v) is 12.5. The van der Waals surface area contributed by atoms with E-state index in [1.807, 2.05) is 19.2 Å². The van der Waals surface area contributed by atoms with Crippen LogP contribution >= 0.6 is 11.3 Å². The number of nitrogens with one attached hydrogen (secondary N) is 2. The molecule has 0 radical (unpaired) electrons. The van der Waals surface area contributed by atoms with Crippen molar-refractivity contribution < 1.29 is 53.8 Å². The van der Waals surface area contributed by atoms with E-state index in [9.17, 15) is 43.9 Å². The third-order valence-electron chi connectivity index (χ3n) is 5.39. The van der Waals surface area contributed by atoms with Crippen molar-refractivity contribution in [3.8, 4) is 11.1 Å². The Bertz CT molecular complexity index is 1530. The molecule has 1 aromatic carbocycles. The van der Waals surface area contributed by atoms with Gasteiger partial charge in [0, 0.05) is 34.9 Å². The summed E-state index contributed by atoms with van der Waals surface area (Å²) in [6, 6.07) is 4.73.